The van der Waals surface area contributed by atoms with Crippen molar-refractivity contribution < 1.29 is 23.8 Å². The molecule has 3 aromatic rings. The summed E-state index contributed by atoms with van der Waals surface area (Å²) in [6.45, 7) is 1.75. The van der Waals surface area contributed by atoms with Gasteiger partial charge < -0.3 is 14.5 Å². The number of non-ortho nitro benzene ring substituents is 1. The molecule has 0 spiro atoms. The largest absolute Gasteiger partial charge is 0.497 e. The van der Waals surface area contributed by atoms with Gasteiger partial charge in [-0.1, -0.05) is 0 Å². The zero-order valence-electron chi connectivity index (χ0n) is 18.9. The fourth-order valence-corrected chi connectivity index (χ4v) is 3.87. The molecular formula is C23H21N5O7. The minimum absolute atomic E-state index is 0.0128. The van der Waals surface area contributed by atoms with Crippen molar-refractivity contribution in [2.75, 3.05) is 17.9 Å². The number of benzene rings is 2. The summed E-state index contributed by atoms with van der Waals surface area (Å²) in [6.07, 6.45) is 1.88. The molecule has 0 fully saturated rings. The summed E-state index contributed by atoms with van der Waals surface area (Å²) in [5.41, 5.74) is 4.23. The van der Waals surface area contributed by atoms with Gasteiger partial charge in [-0.2, -0.15) is 5.10 Å². The molecule has 0 atom stereocenters. The Bertz CT molecular complexity index is 1350. The molecule has 1 amide bonds. The van der Waals surface area contributed by atoms with Gasteiger partial charge in [0.05, 0.1) is 28.7 Å². The van der Waals surface area contributed by atoms with Crippen LogP contribution in [-0.2, 0) is 6.42 Å². The molecule has 1 aliphatic carbocycles. The Morgan fingerprint density at radius 1 is 1.09 bits per heavy atom. The van der Waals surface area contributed by atoms with Gasteiger partial charge in [0.2, 0.25) is 0 Å². The summed E-state index contributed by atoms with van der Waals surface area (Å²) in [5, 5.41) is 29.5. The van der Waals surface area contributed by atoms with Gasteiger partial charge in [0.1, 0.15) is 17.2 Å². The first-order valence-corrected chi connectivity index (χ1v) is 10.6. The SMILES string of the molecule is COc1ccc(NC(=O)c2oc3c(c2C)/C(=N/Nc2ccc([N+](=O)[O-])cc2[N+](=O)[O-])CCC3)cc1. The van der Waals surface area contributed by atoms with Gasteiger partial charge in [-0.05, 0) is 50.1 Å². The van der Waals surface area contributed by atoms with Crippen molar-refractivity contribution >= 4 is 34.4 Å². The third kappa shape index (κ3) is 4.81. The molecule has 0 radical (unpaired) electrons. The van der Waals surface area contributed by atoms with Gasteiger partial charge in [0.15, 0.2) is 5.76 Å². The Morgan fingerprint density at radius 2 is 1.83 bits per heavy atom. The number of hydrogen-bond acceptors (Lipinski definition) is 9. The molecule has 12 heteroatoms. The lowest BCUT2D eigenvalue weighted by Gasteiger charge is -2.13. The fourth-order valence-electron chi connectivity index (χ4n) is 3.87. The average Bonchev–Trinajstić information content (AvgIpc) is 3.20. The van der Waals surface area contributed by atoms with Crippen LogP contribution in [-0.4, -0.2) is 28.6 Å². The molecule has 35 heavy (non-hydrogen) atoms. The van der Waals surface area contributed by atoms with Crippen molar-refractivity contribution in [2.24, 2.45) is 5.10 Å². The summed E-state index contributed by atoms with van der Waals surface area (Å²) >= 11 is 0. The first-order chi connectivity index (χ1) is 16.8. The number of hydrogen-bond donors (Lipinski definition) is 2. The van der Waals surface area contributed by atoms with Crippen LogP contribution in [0.25, 0.3) is 0 Å². The van der Waals surface area contributed by atoms with Crippen molar-refractivity contribution in [3.63, 3.8) is 0 Å². The van der Waals surface area contributed by atoms with Crippen molar-refractivity contribution in [3.05, 3.63) is 85.3 Å². The molecule has 0 aliphatic heterocycles. The van der Waals surface area contributed by atoms with Crippen LogP contribution in [0.4, 0.5) is 22.7 Å². The summed E-state index contributed by atoms with van der Waals surface area (Å²) in [5.74, 6) is 1.00. The number of methoxy groups -OCH3 is 1. The number of rotatable bonds is 7. The second-order valence-electron chi connectivity index (χ2n) is 7.78. The lowest BCUT2D eigenvalue weighted by Crippen LogP contribution is -2.14. The summed E-state index contributed by atoms with van der Waals surface area (Å²) in [6, 6.07) is 10.1. The Labute approximate surface area is 198 Å². The third-order valence-corrected chi connectivity index (χ3v) is 5.58. The van der Waals surface area contributed by atoms with E-state index in [2.05, 4.69) is 15.8 Å². The summed E-state index contributed by atoms with van der Waals surface area (Å²) in [7, 11) is 1.55. The van der Waals surface area contributed by atoms with Gasteiger partial charge >= 0.3 is 5.69 Å². The second kappa shape index (κ2) is 9.63. The Kier molecular flexibility index (Phi) is 6.44. The minimum Gasteiger partial charge on any atom is -0.497 e. The molecule has 1 aromatic heterocycles. The van der Waals surface area contributed by atoms with Crippen LogP contribution >= 0.6 is 0 Å². The van der Waals surface area contributed by atoms with Crippen LogP contribution in [0, 0.1) is 27.2 Å². The van der Waals surface area contributed by atoms with E-state index in [1.165, 1.54) is 6.07 Å². The highest BCUT2D eigenvalue weighted by molar-refractivity contribution is 6.09. The van der Waals surface area contributed by atoms with E-state index >= 15 is 0 Å². The van der Waals surface area contributed by atoms with E-state index in [4.69, 9.17) is 9.15 Å². The smallest absolute Gasteiger partial charge is 0.301 e. The van der Waals surface area contributed by atoms with E-state index in [0.717, 1.165) is 12.1 Å². The van der Waals surface area contributed by atoms with E-state index in [9.17, 15) is 25.0 Å². The normalized spacial score (nSPS) is 13.7. The molecule has 0 saturated carbocycles. The number of nitrogens with one attached hydrogen (secondary N) is 2. The number of ether oxygens (including phenoxy) is 1. The van der Waals surface area contributed by atoms with Gasteiger partial charge in [-0.3, -0.25) is 30.4 Å². The maximum Gasteiger partial charge on any atom is 0.301 e. The molecule has 2 aromatic carbocycles. The maximum absolute atomic E-state index is 12.9. The molecule has 1 heterocycles. The monoisotopic (exact) mass is 479 g/mol. The predicted molar refractivity (Wildman–Crippen MR) is 127 cm³/mol. The standard InChI is InChI=1S/C23H21N5O7/c1-13-21-18(26-25-17-11-8-15(27(30)31)12-19(17)28(32)33)4-3-5-20(21)35-22(13)23(29)24-14-6-9-16(34-2)10-7-14/h6-12,25H,3-5H2,1-2H3,(H,24,29)/b26-18+. The number of fused-ring (bicyclic) bond motifs is 1. The molecule has 2 N–H and O–H groups in total. The number of carbonyl (C=O) groups is 1. The van der Waals surface area contributed by atoms with Gasteiger partial charge in [0.25, 0.3) is 11.6 Å². The molecule has 0 saturated heterocycles. The number of anilines is 2. The number of furan rings is 1. The van der Waals surface area contributed by atoms with Crippen molar-refractivity contribution in [1.29, 1.82) is 0 Å². The maximum atomic E-state index is 12.9. The molecular weight excluding hydrogens is 458 g/mol. The van der Waals surface area contributed by atoms with E-state index < -0.39 is 27.1 Å². The van der Waals surface area contributed by atoms with Crippen LogP contribution in [0.2, 0.25) is 0 Å². The van der Waals surface area contributed by atoms with Gasteiger partial charge in [-0.15, -0.1) is 0 Å². The molecule has 4 rings (SSSR count). The highest BCUT2D eigenvalue weighted by Crippen LogP contribution is 2.32. The van der Waals surface area contributed by atoms with Crippen molar-refractivity contribution in [1.82, 2.24) is 0 Å². The van der Waals surface area contributed by atoms with Gasteiger partial charge in [0, 0.05) is 29.3 Å². The Balaban J connectivity index is 1.60. The molecule has 1 aliphatic rings. The highest BCUT2D eigenvalue weighted by atomic mass is 16.6. The zero-order valence-corrected chi connectivity index (χ0v) is 18.9. The zero-order chi connectivity index (χ0) is 25.1. The average molecular weight is 479 g/mol. The Morgan fingerprint density at radius 3 is 2.49 bits per heavy atom. The quantitative estimate of drug-likeness (QED) is 0.360. The number of nitro groups is 2. The number of nitrogens with zero attached hydrogens (tertiary/aromatic N) is 3. The molecule has 0 bridgehead atoms. The van der Waals surface area contributed by atoms with Crippen LogP contribution in [0.1, 0.15) is 40.3 Å². The van der Waals surface area contributed by atoms with Crippen LogP contribution in [0.3, 0.4) is 0 Å². The topological polar surface area (TPSA) is 162 Å². The lowest BCUT2D eigenvalue weighted by atomic mass is 9.93. The van der Waals surface area contributed by atoms with Crippen LogP contribution < -0.4 is 15.5 Å². The number of nitro benzene ring substituents is 2. The first kappa shape index (κ1) is 23.4. The minimum atomic E-state index is -0.716. The van der Waals surface area contributed by atoms with Crippen molar-refractivity contribution in [2.45, 2.75) is 26.2 Å². The van der Waals surface area contributed by atoms with Gasteiger partial charge in [-0.25, -0.2) is 0 Å². The number of hydrazone groups is 1. The highest BCUT2D eigenvalue weighted by Gasteiger charge is 2.28. The third-order valence-electron chi connectivity index (χ3n) is 5.58. The fraction of sp³-hybridized carbons (Fsp3) is 0.217. The molecule has 180 valence electrons. The first-order valence-electron chi connectivity index (χ1n) is 10.6. The molecule has 0 unspecified atom stereocenters. The Hall–Kier alpha value is -4.74. The van der Waals surface area contributed by atoms with Crippen LogP contribution in [0.5, 0.6) is 5.75 Å². The van der Waals surface area contributed by atoms with Crippen LogP contribution in [0.15, 0.2) is 52.0 Å². The lowest BCUT2D eigenvalue weighted by molar-refractivity contribution is -0.393. The number of carbonyl (C=O) groups excluding carboxylic acids is 1. The number of aryl methyl sites for hydroxylation is 1. The predicted octanol–water partition coefficient (Wildman–Crippen LogP) is 4.82. The van der Waals surface area contributed by atoms with E-state index in [-0.39, 0.29) is 11.4 Å². The molecule has 12 nitrogen and oxygen atoms in total. The number of amides is 1. The van der Waals surface area contributed by atoms with E-state index in [1.807, 2.05) is 0 Å². The van der Waals surface area contributed by atoms with Crippen molar-refractivity contribution in [3.8, 4) is 5.75 Å². The summed E-state index contributed by atoms with van der Waals surface area (Å²) < 4.78 is 11.0. The summed E-state index contributed by atoms with van der Waals surface area (Å²) in [4.78, 5) is 33.8. The van der Waals surface area contributed by atoms with E-state index in [0.29, 0.717) is 53.3 Å². The second-order valence-corrected chi connectivity index (χ2v) is 7.78. The van der Waals surface area contributed by atoms with E-state index in [1.54, 1.807) is 38.3 Å².